The molecule has 0 atom stereocenters. The van der Waals surface area contributed by atoms with Gasteiger partial charge < -0.3 is 9.15 Å². The second kappa shape index (κ2) is 3.75. The zero-order valence-electron chi connectivity index (χ0n) is 7.36. The van der Waals surface area contributed by atoms with E-state index >= 15 is 0 Å². The van der Waals surface area contributed by atoms with Gasteiger partial charge in [0.05, 0.1) is 11.3 Å². The number of halogens is 5. The minimum Gasteiger partial charge on any atom is -0.463 e. The Morgan fingerprint density at radius 2 is 1.94 bits per heavy atom. The molecule has 0 N–H and O–H groups in total. The first-order chi connectivity index (χ1) is 7.38. The average Bonchev–Trinajstić information content (AvgIpc) is 2.59. The van der Waals surface area contributed by atoms with Crippen LogP contribution in [0.2, 0.25) is 10.0 Å². The highest BCUT2D eigenvalue weighted by Gasteiger charge is 2.33. The van der Waals surface area contributed by atoms with Gasteiger partial charge in [-0.1, -0.05) is 23.2 Å². The van der Waals surface area contributed by atoms with Crippen molar-refractivity contribution in [2.24, 2.45) is 0 Å². The van der Waals surface area contributed by atoms with E-state index in [9.17, 15) is 13.2 Å². The van der Waals surface area contributed by atoms with E-state index in [0.29, 0.717) is 5.39 Å². The summed E-state index contributed by atoms with van der Waals surface area (Å²) in [5.41, 5.74) is 0.119. The normalized spacial score (nSPS) is 12.1. The molecule has 1 radical (unpaired) electrons. The number of furan rings is 1. The molecule has 7 heteroatoms. The summed E-state index contributed by atoms with van der Waals surface area (Å²) in [6, 6.07) is 3.61. The standard InChI is InChI=1S/C9H2Cl2F3O2/c10-7-4-1-2-15-5(4)3-6(8(7)11)16-9(12,13)14/h2-3H. The molecule has 2 nitrogen and oxygen atoms in total. The van der Waals surface area contributed by atoms with Gasteiger partial charge in [-0.2, -0.15) is 0 Å². The predicted octanol–water partition coefficient (Wildman–Crippen LogP) is 4.44. The summed E-state index contributed by atoms with van der Waals surface area (Å²) in [7, 11) is 0. The fraction of sp³-hybridized carbons (Fsp3) is 0.111. The van der Waals surface area contributed by atoms with Crippen LogP contribution in [0.5, 0.6) is 5.75 Å². The molecule has 0 bridgehead atoms. The van der Waals surface area contributed by atoms with E-state index < -0.39 is 12.1 Å². The van der Waals surface area contributed by atoms with Crippen molar-refractivity contribution in [3.8, 4) is 5.75 Å². The number of alkyl halides is 3. The van der Waals surface area contributed by atoms with Crippen LogP contribution < -0.4 is 4.74 Å². The topological polar surface area (TPSA) is 22.4 Å². The Kier molecular flexibility index (Phi) is 2.67. The molecule has 0 amide bonds. The maximum atomic E-state index is 12.0. The molecular formula is C9H2Cl2F3O2. The number of fused-ring (bicyclic) bond motifs is 1. The first-order valence-electron chi connectivity index (χ1n) is 3.91. The van der Waals surface area contributed by atoms with Crippen LogP contribution in [0.25, 0.3) is 11.0 Å². The molecule has 2 rings (SSSR count). The quantitative estimate of drug-likeness (QED) is 0.764. The highest BCUT2D eigenvalue weighted by molar-refractivity contribution is 6.46. The van der Waals surface area contributed by atoms with E-state index in [1.807, 2.05) is 0 Å². The summed E-state index contributed by atoms with van der Waals surface area (Å²) in [6.45, 7) is 0. The zero-order chi connectivity index (χ0) is 11.9. The van der Waals surface area contributed by atoms with Crippen LogP contribution in [0.15, 0.2) is 16.7 Å². The number of rotatable bonds is 1. The maximum absolute atomic E-state index is 12.0. The Balaban J connectivity index is 2.57. The van der Waals surface area contributed by atoms with Crippen LogP contribution in [-0.4, -0.2) is 6.36 Å². The van der Waals surface area contributed by atoms with E-state index in [2.05, 4.69) is 10.8 Å². The summed E-state index contributed by atoms with van der Waals surface area (Å²) in [4.78, 5) is 0. The highest BCUT2D eigenvalue weighted by Crippen LogP contribution is 2.40. The van der Waals surface area contributed by atoms with Crippen molar-refractivity contribution in [1.82, 2.24) is 0 Å². The second-order valence-corrected chi connectivity index (χ2v) is 3.56. The van der Waals surface area contributed by atoms with Crippen molar-refractivity contribution in [3.05, 3.63) is 28.4 Å². The van der Waals surface area contributed by atoms with Crippen LogP contribution >= 0.6 is 23.2 Å². The van der Waals surface area contributed by atoms with Crippen LogP contribution in [0, 0.1) is 6.07 Å². The van der Waals surface area contributed by atoms with Gasteiger partial charge in [-0.15, -0.1) is 13.2 Å². The molecule has 2 aromatic rings. The SMILES string of the molecule is FC(F)(F)Oc1cc2oc[c]c2c(Cl)c1Cl. The molecule has 0 aliphatic heterocycles. The fourth-order valence-electron chi connectivity index (χ4n) is 1.16. The molecule has 0 aliphatic rings. The lowest BCUT2D eigenvalue weighted by molar-refractivity contribution is -0.274. The minimum atomic E-state index is -4.84. The van der Waals surface area contributed by atoms with Crippen molar-refractivity contribution >= 4 is 34.2 Å². The molecule has 1 aromatic carbocycles. The Morgan fingerprint density at radius 3 is 2.56 bits per heavy atom. The largest absolute Gasteiger partial charge is 0.573 e. The molecule has 1 aromatic heterocycles. The monoisotopic (exact) mass is 269 g/mol. The average molecular weight is 270 g/mol. The third kappa shape index (κ3) is 2.05. The van der Waals surface area contributed by atoms with Crippen LogP contribution in [0.4, 0.5) is 13.2 Å². The summed E-state index contributed by atoms with van der Waals surface area (Å²) in [5.74, 6) is -0.602. The van der Waals surface area contributed by atoms with Gasteiger partial charge >= 0.3 is 6.36 Å². The third-order valence-corrected chi connectivity index (χ3v) is 2.60. The number of benzene rings is 1. The van der Waals surface area contributed by atoms with Gasteiger partial charge in [0, 0.05) is 17.5 Å². The van der Waals surface area contributed by atoms with E-state index in [1.165, 1.54) is 6.26 Å². The molecule has 0 saturated heterocycles. The molecule has 1 heterocycles. The van der Waals surface area contributed by atoms with Crippen LogP contribution in [0.3, 0.4) is 0 Å². The number of ether oxygens (including phenoxy) is 1. The molecule has 0 spiro atoms. The van der Waals surface area contributed by atoms with Crippen molar-refractivity contribution in [3.63, 3.8) is 0 Å². The van der Waals surface area contributed by atoms with E-state index in [1.54, 1.807) is 0 Å². The Bertz CT molecular complexity index is 533. The fourth-order valence-corrected chi connectivity index (χ4v) is 1.59. The van der Waals surface area contributed by atoms with Gasteiger partial charge in [0.2, 0.25) is 0 Å². The Hall–Kier alpha value is -1.07. The molecule has 0 saturated carbocycles. The van der Waals surface area contributed by atoms with Gasteiger partial charge in [0.15, 0.2) is 5.75 Å². The molecular weight excluding hydrogens is 268 g/mol. The van der Waals surface area contributed by atoms with E-state index in [4.69, 9.17) is 27.6 Å². The first-order valence-corrected chi connectivity index (χ1v) is 4.66. The Morgan fingerprint density at radius 1 is 1.25 bits per heavy atom. The minimum absolute atomic E-state index is 0.0906. The zero-order valence-corrected chi connectivity index (χ0v) is 8.87. The molecule has 0 unspecified atom stereocenters. The van der Waals surface area contributed by atoms with Gasteiger partial charge in [0.25, 0.3) is 0 Å². The highest BCUT2D eigenvalue weighted by atomic mass is 35.5. The van der Waals surface area contributed by atoms with Crippen molar-refractivity contribution in [2.75, 3.05) is 0 Å². The van der Waals surface area contributed by atoms with Gasteiger partial charge in [-0.3, -0.25) is 0 Å². The molecule has 85 valence electrons. The number of hydrogen-bond donors (Lipinski definition) is 0. The van der Waals surface area contributed by atoms with E-state index in [-0.39, 0.29) is 15.6 Å². The van der Waals surface area contributed by atoms with E-state index in [0.717, 1.165) is 6.07 Å². The lowest BCUT2D eigenvalue weighted by Gasteiger charge is -2.11. The number of hydrogen-bond acceptors (Lipinski definition) is 2. The third-order valence-electron chi connectivity index (χ3n) is 1.75. The lowest BCUT2D eigenvalue weighted by Crippen LogP contribution is -2.17. The lowest BCUT2D eigenvalue weighted by atomic mass is 10.2. The van der Waals surface area contributed by atoms with Gasteiger partial charge in [0.1, 0.15) is 10.6 Å². The van der Waals surface area contributed by atoms with Gasteiger partial charge in [-0.05, 0) is 0 Å². The second-order valence-electron chi connectivity index (χ2n) is 2.80. The van der Waals surface area contributed by atoms with Crippen molar-refractivity contribution in [2.45, 2.75) is 6.36 Å². The molecule has 16 heavy (non-hydrogen) atoms. The summed E-state index contributed by atoms with van der Waals surface area (Å²) < 4.78 is 44.6. The van der Waals surface area contributed by atoms with Crippen LogP contribution in [-0.2, 0) is 0 Å². The molecule has 0 fully saturated rings. The maximum Gasteiger partial charge on any atom is 0.573 e. The predicted molar refractivity (Wildman–Crippen MR) is 51.8 cm³/mol. The molecule has 0 aliphatic carbocycles. The summed E-state index contributed by atoms with van der Waals surface area (Å²) >= 11 is 11.3. The van der Waals surface area contributed by atoms with Gasteiger partial charge in [-0.25, -0.2) is 0 Å². The Labute approximate surface area is 97.5 Å². The van der Waals surface area contributed by atoms with Crippen LogP contribution in [0.1, 0.15) is 0 Å². The summed E-state index contributed by atoms with van der Waals surface area (Å²) in [6.07, 6.45) is -3.67. The smallest absolute Gasteiger partial charge is 0.463 e. The van der Waals surface area contributed by atoms with Crippen molar-refractivity contribution < 1.29 is 22.3 Å². The van der Waals surface area contributed by atoms with Crippen molar-refractivity contribution in [1.29, 1.82) is 0 Å². The summed E-state index contributed by atoms with van der Waals surface area (Å²) in [5, 5.41) is -0.113. The first kappa shape index (κ1) is 11.4.